The maximum Gasteiger partial charge on any atom is 0.209 e. The lowest BCUT2D eigenvalue weighted by molar-refractivity contribution is 0.269. The van der Waals surface area contributed by atoms with Crippen molar-refractivity contribution in [3.8, 4) is 0 Å². The summed E-state index contributed by atoms with van der Waals surface area (Å²) < 4.78 is 28.5. The van der Waals surface area contributed by atoms with Crippen LogP contribution in [0.5, 0.6) is 0 Å². The molecule has 2 aromatic heterocycles. The molecule has 1 atom stereocenters. The van der Waals surface area contributed by atoms with E-state index in [-0.39, 0.29) is 12.0 Å². The van der Waals surface area contributed by atoms with Gasteiger partial charge in [-0.1, -0.05) is 26.0 Å². The smallest absolute Gasteiger partial charge is 0.209 e. The molecule has 0 fully saturated rings. The van der Waals surface area contributed by atoms with Crippen LogP contribution < -0.4 is 4.72 Å². The van der Waals surface area contributed by atoms with E-state index in [1.54, 1.807) is 0 Å². The lowest BCUT2D eigenvalue weighted by atomic mass is 10.1. The van der Waals surface area contributed by atoms with Crippen LogP contribution in [-0.2, 0) is 29.5 Å². The van der Waals surface area contributed by atoms with Gasteiger partial charge >= 0.3 is 0 Å². The summed E-state index contributed by atoms with van der Waals surface area (Å²) in [6, 6.07) is 10.1. The summed E-state index contributed by atoms with van der Waals surface area (Å²) in [5, 5.41) is 9.87. The highest BCUT2D eigenvalue weighted by molar-refractivity contribution is 7.88. The average molecular weight is 429 g/mol. The topological polar surface area (TPSA) is 93.0 Å². The van der Waals surface area contributed by atoms with Crippen molar-refractivity contribution < 1.29 is 8.42 Å². The summed E-state index contributed by atoms with van der Waals surface area (Å²) in [4.78, 5) is 6.80. The number of benzene rings is 1. The van der Waals surface area contributed by atoms with E-state index in [1.807, 2.05) is 26.1 Å². The first kappa shape index (κ1) is 20.9. The first-order chi connectivity index (χ1) is 14.3. The van der Waals surface area contributed by atoms with Crippen molar-refractivity contribution in [3.63, 3.8) is 0 Å². The van der Waals surface area contributed by atoms with Crippen LogP contribution in [0.4, 0.5) is 0 Å². The molecule has 0 saturated heterocycles. The molecule has 30 heavy (non-hydrogen) atoms. The maximum atomic E-state index is 11.8. The Morgan fingerprint density at radius 3 is 2.73 bits per heavy atom. The van der Waals surface area contributed by atoms with Gasteiger partial charge in [-0.3, -0.25) is 9.88 Å². The molecule has 1 N–H and O–H groups in total. The average Bonchev–Trinajstić information content (AvgIpc) is 2.99. The lowest BCUT2D eigenvalue weighted by Gasteiger charge is -2.22. The molecule has 9 heteroatoms. The van der Waals surface area contributed by atoms with Crippen LogP contribution in [0, 0.1) is 5.92 Å². The summed E-state index contributed by atoms with van der Waals surface area (Å²) in [7, 11) is -3.35. The Bertz CT molecular complexity index is 1140. The minimum Gasteiger partial charge on any atom is -0.312 e. The molecule has 160 valence electrons. The van der Waals surface area contributed by atoms with Crippen molar-refractivity contribution in [2.75, 3.05) is 19.3 Å². The molecule has 0 saturated carbocycles. The Morgan fingerprint density at radius 2 is 1.97 bits per heavy atom. The third kappa shape index (κ3) is 4.69. The van der Waals surface area contributed by atoms with Crippen molar-refractivity contribution in [2.45, 2.75) is 39.4 Å². The minimum atomic E-state index is -3.35. The standard InChI is InChI=1S/C21H28N6O2S/c1-15(2)20(25-30(3,28)29)21-24-23-19-8-10-26(11-12-27(19)21)14-16-6-7-18-17(13-16)5-4-9-22-18/h4-7,9,13,15,20,25H,8,10-12,14H2,1-3H3. The van der Waals surface area contributed by atoms with Gasteiger partial charge in [0.15, 0.2) is 5.82 Å². The molecule has 0 aliphatic carbocycles. The van der Waals surface area contributed by atoms with E-state index in [0.717, 1.165) is 49.3 Å². The van der Waals surface area contributed by atoms with Gasteiger partial charge in [0.05, 0.1) is 17.8 Å². The van der Waals surface area contributed by atoms with Gasteiger partial charge in [0.2, 0.25) is 10.0 Å². The van der Waals surface area contributed by atoms with Crippen LogP contribution >= 0.6 is 0 Å². The van der Waals surface area contributed by atoms with Crippen molar-refractivity contribution in [3.05, 3.63) is 53.7 Å². The normalized spacial score (nSPS) is 16.5. The number of nitrogens with one attached hydrogen (secondary N) is 1. The zero-order valence-corrected chi connectivity index (χ0v) is 18.4. The van der Waals surface area contributed by atoms with Crippen molar-refractivity contribution in [2.24, 2.45) is 5.92 Å². The number of nitrogens with zero attached hydrogens (tertiary/aromatic N) is 5. The van der Waals surface area contributed by atoms with E-state index in [1.165, 1.54) is 11.8 Å². The molecule has 0 bridgehead atoms. The molecule has 1 unspecified atom stereocenters. The van der Waals surface area contributed by atoms with Crippen LogP contribution in [0.25, 0.3) is 10.9 Å². The largest absolute Gasteiger partial charge is 0.312 e. The van der Waals surface area contributed by atoms with Gasteiger partial charge < -0.3 is 4.57 Å². The SMILES string of the molecule is CC(C)C(NS(C)(=O)=O)c1nnc2n1CCN(Cc1ccc3ncccc3c1)CC2. The fraction of sp³-hybridized carbons (Fsp3) is 0.476. The van der Waals surface area contributed by atoms with Gasteiger partial charge in [-0.25, -0.2) is 13.1 Å². The molecule has 4 rings (SSSR count). The first-order valence-corrected chi connectivity index (χ1v) is 12.1. The Morgan fingerprint density at radius 1 is 1.13 bits per heavy atom. The van der Waals surface area contributed by atoms with Crippen LogP contribution in [0.2, 0.25) is 0 Å². The third-order valence-electron chi connectivity index (χ3n) is 5.51. The van der Waals surface area contributed by atoms with Crippen molar-refractivity contribution in [1.29, 1.82) is 0 Å². The monoisotopic (exact) mass is 428 g/mol. The maximum absolute atomic E-state index is 11.8. The molecule has 3 aromatic rings. The number of hydrogen-bond acceptors (Lipinski definition) is 6. The number of aromatic nitrogens is 4. The molecule has 1 aliphatic rings. The van der Waals surface area contributed by atoms with E-state index in [9.17, 15) is 8.42 Å². The highest BCUT2D eigenvalue weighted by Gasteiger charge is 2.28. The fourth-order valence-corrected chi connectivity index (χ4v) is 4.82. The molecule has 3 heterocycles. The van der Waals surface area contributed by atoms with Crippen LogP contribution in [0.15, 0.2) is 36.5 Å². The first-order valence-electron chi connectivity index (χ1n) is 10.3. The fourth-order valence-electron chi connectivity index (χ4n) is 3.98. The van der Waals surface area contributed by atoms with E-state index >= 15 is 0 Å². The summed E-state index contributed by atoms with van der Waals surface area (Å²) in [5.74, 6) is 1.68. The highest BCUT2D eigenvalue weighted by atomic mass is 32.2. The van der Waals surface area contributed by atoms with Gasteiger partial charge in [-0.15, -0.1) is 10.2 Å². The van der Waals surface area contributed by atoms with Crippen molar-refractivity contribution >= 4 is 20.9 Å². The third-order valence-corrected chi connectivity index (χ3v) is 6.19. The van der Waals surface area contributed by atoms with E-state index in [0.29, 0.717) is 5.82 Å². The van der Waals surface area contributed by atoms with E-state index in [2.05, 4.69) is 53.6 Å². The van der Waals surface area contributed by atoms with E-state index < -0.39 is 10.0 Å². The number of hydrogen-bond donors (Lipinski definition) is 1. The van der Waals surface area contributed by atoms with Gasteiger partial charge in [-0.05, 0) is 29.7 Å². The van der Waals surface area contributed by atoms with Gasteiger partial charge in [0, 0.05) is 44.2 Å². The Kier molecular flexibility index (Phi) is 5.86. The summed E-state index contributed by atoms with van der Waals surface area (Å²) in [6.07, 6.45) is 3.78. The van der Waals surface area contributed by atoms with Crippen LogP contribution in [0.1, 0.15) is 37.1 Å². The van der Waals surface area contributed by atoms with E-state index in [4.69, 9.17) is 0 Å². The Balaban J connectivity index is 1.50. The summed E-state index contributed by atoms with van der Waals surface area (Å²) >= 11 is 0. The molecule has 1 aliphatic heterocycles. The molecular formula is C21H28N6O2S. The minimum absolute atomic E-state index is 0.0681. The predicted molar refractivity (Wildman–Crippen MR) is 116 cm³/mol. The van der Waals surface area contributed by atoms with Gasteiger partial charge in [0.1, 0.15) is 5.82 Å². The summed E-state index contributed by atoms with van der Waals surface area (Å²) in [5.41, 5.74) is 2.26. The molecule has 0 spiro atoms. The molecule has 0 amide bonds. The second kappa shape index (κ2) is 8.41. The van der Waals surface area contributed by atoms with Crippen LogP contribution in [-0.4, -0.2) is 52.4 Å². The quantitative estimate of drug-likeness (QED) is 0.647. The number of pyridine rings is 1. The second-order valence-corrected chi connectivity index (χ2v) is 10.1. The number of fused-ring (bicyclic) bond motifs is 2. The zero-order chi connectivity index (χ0) is 21.3. The highest BCUT2D eigenvalue weighted by Crippen LogP contribution is 2.24. The lowest BCUT2D eigenvalue weighted by Crippen LogP contribution is -2.33. The number of rotatable bonds is 6. The Labute approximate surface area is 177 Å². The van der Waals surface area contributed by atoms with Gasteiger partial charge in [-0.2, -0.15) is 0 Å². The zero-order valence-electron chi connectivity index (χ0n) is 17.6. The van der Waals surface area contributed by atoms with Crippen molar-refractivity contribution in [1.82, 2.24) is 29.4 Å². The molecule has 0 radical (unpaired) electrons. The number of sulfonamides is 1. The van der Waals surface area contributed by atoms with Gasteiger partial charge in [0.25, 0.3) is 0 Å². The molecule has 8 nitrogen and oxygen atoms in total. The molecular weight excluding hydrogens is 400 g/mol. The second-order valence-electron chi connectivity index (χ2n) is 8.29. The Hall–Kier alpha value is -2.36. The predicted octanol–water partition coefficient (Wildman–Crippen LogP) is 2.13. The molecule has 1 aromatic carbocycles. The summed E-state index contributed by atoms with van der Waals surface area (Å²) in [6.45, 7) is 7.31. The van der Waals surface area contributed by atoms with Crippen LogP contribution in [0.3, 0.4) is 0 Å².